The van der Waals surface area contributed by atoms with Crippen molar-refractivity contribution >= 4 is 21.7 Å². The molecular weight excluding hydrogens is 228 g/mol. The van der Waals surface area contributed by atoms with E-state index in [0.29, 0.717) is 10.6 Å². The number of ketones is 1. The predicted molar refractivity (Wildman–Crippen MR) is 59.2 cm³/mol. The Morgan fingerprint density at radius 3 is 2.54 bits per heavy atom. The van der Waals surface area contributed by atoms with Crippen molar-refractivity contribution in [3.05, 3.63) is 12.2 Å². The van der Waals surface area contributed by atoms with Crippen molar-refractivity contribution < 1.29 is 4.79 Å². The molecule has 0 radical (unpaired) electrons. The number of alkyl halides is 1. The molecular formula is C11H17BrO. The highest BCUT2D eigenvalue weighted by atomic mass is 79.9. The van der Waals surface area contributed by atoms with E-state index in [2.05, 4.69) is 22.5 Å². The van der Waals surface area contributed by atoms with Crippen molar-refractivity contribution in [3.63, 3.8) is 0 Å². The molecule has 74 valence electrons. The fraction of sp³-hybridized carbons (Fsp3) is 0.727. The molecule has 2 heteroatoms. The van der Waals surface area contributed by atoms with Gasteiger partial charge in [0, 0.05) is 17.7 Å². The van der Waals surface area contributed by atoms with E-state index >= 15 is 0 Å². The summed E-state index contributed by atoms with van der Waals surface area (Å²) >= 11 is 3.61. The van der Waals surface area contributed by atoms with Crippen molar-refractivity contribution in [2.45, 2.75) is 49.8 Å². The van der Waals surface area contributed by atoms with Crippen LogP contribution in [0.25, 0.3) is 0 Å². The summed E-state index contributed by atoms with van der Waals surface area (Å²) in [4.78, 5) is 11.7. The minimum Gasteiger partial charge on any atom is -0.300 e. The summed E-state index contributed by atoms with van der Waals surface area (Å²) < 4.78 is 0. The highest BCUT2D eigenvalue weighted by molar-refractivity contribution is 9.09. The largest absolute Gasteiger partial charge is 0.300 e. The first-order valence-corrected chi connectivity index (χ1v) is 5.95. The summed E-state index contributed by atoms with van der Waals surface area (Å²) in [5, 5.41) is 0. The van der Waals surface area contributed by atoms with Gasteiger partial charge in [0.25, 0.3) is 0 Å². The summed E-state index contributed by atoms with van der Waals surface area (Å²) in [7, 11) is 0. The third kappa shape index (κ3) is 4.08. The van der Waals surface area contributed by atoms with Crippen LogP contribution in [0.3, 0.4) is 0 Å². The van der Waals surface area contributed by atoms with Gasteiger partial charge in [0.05, 0.1) is 0 Å². The molecule has 0 aromatic carbocycles. The van der Waals surface area contributed by atoms with Crippen LogP contribution in [0.5, 0.6) is 0 Å². The zero-order valence-corrected chi connectivity index (χ0v) is 9.61. The van der Waals surface area contributed by atoms with Crippen LogP contribution < -0.4 is 0 Å². The highest BCUT2D eigenvalue weighted by Gasteiger charge is 2.12. The lowest BCUT2D eigenvalue weighted by Crippen LogP contribution is -2.07. The molecule has 1 aliphatic rings. The Morgan fingerprint density at radius 2 is 1.77 bits per heavy atom. The van der Waals surface area contributed by atoms with Crippen LogP contribution in [0.2, 0.25) is 0 Å². The molecule has 0 aromatic rings. The normalized spacial score (nSPS) is 27.3. The quantitative estimate of drug-likeness (QED) is 0.470. The van der Waals surface area contributed by atoms with E-state index in [1.165, 1.54) is 5.57 Å². The zero-order chi connectivity index (χ0) is 9.68. The van der Waals surface area contributed by atoms with Gasteiger partial charge in [0.1, 0.15) is 5.78 Å². The number of carbonyl (C=O) groups is 1. The molecule has 1 rings (SSSR count). The minimum absolute atomic E-state index is 0.429. The molecule has 0 spiro atoms. The van der Waals surface area contributed by atoms with Crippen LogP contribution in [-0.4, -0.2) is 10.6 Å². The third-order valence-electron chi connectivity index (χ3n) is 2.56. The number of carbonyl (C=O) groups excluding carboxylic acids is 1. The third-order valence-corrected chi connectivity index (χ3v) is 3.66. The average Bonchev–Trinajstić information content (AvgIpc) is 2.11. The van der Waals surface area contributed by atoms with Crippen molar-refractivity contribution in [1.29, 1.82) is 0 Å². The molecule has 1 saturated carbocycles. The molecule has 0 heterocycles. The van der Waals surface area contributed by atoms with Crippen molar-refractivity contribution in [2.75, 3.05) is 0 Å². The minimum atomic E-state index is 0.429. The number of rotatable bonds is 0. The van der Waals surface area contributed by atoms with Crippen molar-refractivity contribution in [2.24, 2.45) is 0 Å². The second-order valence-corrected chi connectivity index (χ2v) is 4.87. The highest BCUT2D eigenvalue weighted by Crippen LogP contribution is 2.24. The van der Waals surface area contributed by atoms with Gasteiger partial charge in [-0.15, -0.1) is 0 Å². The molecule has 0 bridgehead atoms. The van der Waals surface area contributed by atoms with E-state index in [1.54, 1.807) is 0 Å². The van der Waals surface area contributed by atoms with E-state index in [9.17, 15) is 4.79 Å². The van der Waals surface area contributed by atoms with Crippen LogP contribution in [0.15, 0.2) is 12.2 Å². The second-order valence-electron chi connectivity index (χ2n) is 3.76. The lowest BCUT2D eigenvalue weighted by molar-refractivity contribution is -0.119. The first-order valence-electron chi connectivity index (χ1n) is 5.03. The monoisotopic (exact) mass is 244 g/mol. The molecule has 0 aromatic heterocycles. The van der Waals surface area contributed by atoms with Crippen LogP contribution >= 0.6 is 15.9 Å². The SMILES string of the molecule is C=C1CCCCC(=O)CCCC1Br. The van der Waals surface area contributed by atoms with Gasteiger partial charge in [-0.3, -0.25) is 4.79 Å². The van der Waals surface area contributed by atoms with Crippen LogP contribution in [0.4, 0.5) is 0 Å². The molecule has 1 aliphatic carbocycles. The summed E-state index contributed by atoms with van der Waals surface area (Å²) in [5.41, 5.74) is 1.30. The van der Waals surface area contributed by atoms with Gasteiger partial charge in [-0.2, -0.15) is 0 Å². The van der Waals surface area contributed by atoms with Gasteiger partial charge in [-0.25, -0.2) is 0 Å². The number of Topliss-reactive ketones (excluding diaryl/α,β-unsaturated/α-hetero) is 1. The second kappa shape index (κ2) is 5.58. The Bertz CT molecular complexity index is 198. The van der Waals surface area contributed by atoms with Crippen LogP contribution in [0, 0.1) is 0 Å². The number of allylic oxidation sites excluding steroid dienone is 1. The number of halogens is 1. The number of hydrogen-bond acceptors (Lipinski definition) is 1. The average molecular weight is 245 g/mol. The first-order chi connectivity index (χ1) is 6.20. The molecule has 0 aliphatic heterocycles. The Hall–Kier alpha value is -0.110. The standard InChI is InChI=1S/C11H17BrO/c1-9-5-2-3-6-10(13)7-4-8-11(9)12/h11H,1-8H2. The Labute approximate surface area is 88.7 Å². The van der Waals surface area contributed by atoms with Gasteiger partial charge in [-0.1, -0.05) is 28.1 Å². The predicted octanol–water partition coefficient (Wildman–Crippen LogP) is 3.62. The van der Waals surface area contributed by atoms with Gasteiger partial charge < -0.3 is 0 Å². The van der Waals surface area contributed by atoms with E-state index in [-0.39, 0.29) is 0 Å². The summed E-state index contributed by atoms with van der Waals surface area (Å²) in [6.07, 6.45) is 6.83. The first kappa shape index (κ1) is 11.0. The van der Waals surface area contributed by atoms with Gasteiger partial charge in [0.2, 0.25) is 0 Å². The molecule has 13 heavy (non-hydrogen) atoms. The van der Waals surface area contributed by atoms with E-state index in [0.717, 1.165) is 44.9 Å². The Kier molecular flexibility index (Phi) is 4.71. The molecule has 0 saturated heterocycles. The topological polar surface area (TPSA) is 17.1 Å². The maximum atomic E-state index is 11.3. The lowest BCUT2D eigenvalue weighted by Gasteiger charge is -2.14. The van der Waals surface area contributed by atoms with Gasteiger partial charge >= 0.3 is 0 Å². The maximum absolute atomic E-state index is 11.3. The van der Waals surface area contributed by atoms with Crippen LogP contribution in [-0.2, 0) is 4.79 Å². The van der Waals surface area contributed by atoms with Gasteiger partial charge in [0.15, 0.2) is 0 Å². The summed E-state index contributed by atoms with van der Waals surface area (Å²) in [6, 6.07) is 0. The molecule has 0 amide bonds. The molecule has 1 nitrogen and oxygen atoms in total. The van der Waals surface area contributed by atoms with Crippen LogP contribution in [0.1, 0.15) is 44.9 Å². The summed E-state index contributed by atoms with van der Waals surface area (Å²) in [6.45, 7) is 4.06. The van der Waals surface area contributed by atoms with E-state index in [1.807, 2.05) is 0 Å². The molecule has 0 N–H and O–H groups in total. The molecule has 1 atom stereocenters. The van der Waals surface area contributed by atoms with Gasteiger partial charge in [-0.05, 0) is 32.1 Å². The van der Waals surface area contributed by atoms with E-state index < -0.39 is 0 Å². The summed E-state index contributed by atoms with van der Waals surface area (Å²) in [5.74, 6) is 0.437. The Balaban J connectivity index is 2.41. The van der Waals surface area contributed by atoms with Crippen molar-refractivity contribution in [3.8, 4) is 0 Å². The Morgan fingerprint density at radius 1 is 1.15 bits per heavy atom. The van der Waals surface area contributed by atoms with Crippen molar-refractivity contribution in [1.82, 2.24) is 0 Å². The fourth-order valence-electron chi connectivity index (χ4n) is 1.64. The smallest absolute Gasteiger partial charge is 0.132 e. The lowest BCUT2D eigenvalue weighted by atomic mass is 9.97. The maximum Gasteiger partial charge on any atom is 0.132 e. The molecule has 1 unspecified atom stereocenters. The number of hydrogen-bond donors (Lipinski definition) is 0. The molecule has 1 fully saturated rings. The fourth-order valence-corrected chi connectivity index (χ4v) is 2.19. The zero-order valence-electron chi connectivity index (χ0n) is 8.02. The van der Waals surface area contributed by atoms with E-state index in [4.69, 9.17) is 0 Å².